The van der Waals surface area contributed by atoms with Gasteiger partial charge in [-0.3, -0.25) is 0 Å². The Kier molecular flexibility index (Phi) is 5.59. The molecule has 0 aromatic heterocycles. The second-order valence-corrected chi connectivity index (χ2v) is 5.78. The monoisotopic (exact) mass is 291 g/mol. The quantitative estimate of drug-likeness (QED) is 0.765. The summed E-state index contributed by atoms with van der Waals surface area (Å²) in [5.74, 6) is 0.0875. The molecule has 2 rings (SSSR count). The average Bonchev–Trinajstić information content (AvgIpc) is 2.52. The number of piperidine rings is 1. The van der Waals surface area contributed by atoms with Crippen molar-refractivity contribution in [1.82, 2.24) is 10.2 Å². The maximum atomic E-state index is 11.5. The largest absolute Gasteiger partial charge is 0.393 e. The molecule has 1 aromatic carbocycles. The van der Waals surface area contributed by atoms with E-state index in [1.807, 2.05) is 25.1 Å². The summed E-state index contributed by atoms with van der Waals surface area (Å²) in [5.41, 5.74) is 6.63. The van der Waals surface area contributed by atoms with E-state index < -0.39 is 6.03 Å². The van der Waals surface area contributed by atoms with Crippen LogP contribution < -0.4 is 11.1 Å². The molecule has 116 valence electrons. The van der Waals surface area contributed by atoms with E-state index in [1.165, 1.54) is 5.56 Å². The van der Waals surface area contributed by atoms with E-state index in [9.17, 15) is 9.90 Å². The summed E-state index contributed by atoms with van der Waals surface area (Å²) in [5, 5.41) is 13.5. The van der Waals surface area contributed by atoms with Crippen LogP contribution in [0.5, 0.6) is 0 Å². The highest BCUT2D eigenvalue weighted by atomic mass is 16.3. The molecule has 1 aliphatic rings. The Hall–Kier alpha value is -1.59. The molecule has 0 radical (unpaired) electrons. The molecule has 5 nitrogen and oxygen atoms in total. The van der Waals surface area contributed by atoms with Gasteiger partial charge in [0.2, 0.25) is 0 Å². The lowest BCUT2D eigenvalue weighted by molar-refractivity contribution is 0.0484. The van der Waals surface area contributed by atoms with Crippen molar-refractivity contribution in [3.63, 3.8) is 0 Å². The van der Waals surface area contributed by atoms with Crippen LogP contribution in [0.4, 0.5) is 4.79 Å². The predicted molar refractivity (Wildman–Crippen MR) is 82.6 cm³/mol. The molecule has 1 saturated heterocycles. The summed E-state index contributed by atoms with van der Waals surface area (Å²) in [4.78, 5) is 13.1. The highest BCUT2D eigenvalue weighted by Gasteiger charge is 2.32. The summed E-state index contributed by atoms with van der Waals surface area (Å²) in [6, 6.07) is 9.91. The fourth-order valence-electron chi connectivity index (χ4n) is 2.94. The fraction of sp³-hybridized carbons (Fsp3) is 0.562. The first kappa shape index (κ1) is 15.8. The first-order valence-electron chi connectivity index (χ1n) is 7.60. The number of hydrogen-bond acceptors (Lipinski definition) is 3. The van der Waals surface area contributed by atoms with E-state index in [1.54, 1.807) is 4.90 Å². The number of carbonyl (C=O) groups is 1. The molecule has 21 heavy (non-hydrogen) atoms. The second-order valence-electron chi connectivity index (χ2n) is 5.78. The Morgan fingerprint density at radius 1 is 1.43 bits per heavy atom. The maximum Gasteiger partial charge on any atom is 0.314 e. The van der Waals surface area contributed by atoms with E-state index in [-0.39, 0.29) is 18.1 Å². The molecule has 0 bridgehead atoms. The number of nitrogens with two attached hydrogens (primary N) is 1. The molecule has 1 aliphatic heterocycles. The lowest BCUT2D eigenvalue weighted by Gasteiger charge is -2.39. The predicted octanol–water partition coefficient (Wildman–Crippen LogP) is 1.32. The molecule has 3 atom stereocenters. The third kappa shape index (κ3) is 4.44. The minimum Gasteiger partial charge on any atom is -0.393 e. The van der Waals surface area contributed by atoms with Crippen molar-refractivity contribution in [2.75, 3.05) is 13.1 Å². The van der Waals surface area contributed by atoms with E-state index in [0.717, 1.165) is 13.0 Å². The molecule has 5 heteroatoms. The lowest BCUT2D eigenvalue weighted by Crippen LogP contribution is -2.54. The fourth-order valence-corrected chi connectivity index (χ4v) is 2.94. The third-order valence-electron chi connectivity index (χ3n) is 4.19. The molecular weight excluding hydrogens is 266 g/mol. The molecule has 1 heterocycles. The Morgan fingerprint density at radius 3 is 2.76 bits per heavy atom. The highest BCUT2D eigenvalue weighted by Crippen LogP contribution is 2.22. The van der Waals surface area contributed by atoms with Crippen LogP contribution in [0.3, 0.4) is 0 Å². The summed E-state index contributed by atoms with van der Waals surface area (Å²) >= 11 is 0. The number of carbonyl (C=O) groups excluding carboxylic acids is 1. The zero-order valence-electron chi connectivity index (χ0n) is 12.5. The number of urea groups is 1. The Labute approximate surface area is 126 Å². The van der Waals surface area contributed by atoms with Crippen LogP contribution in [-0.4, -0.2) is 41.3 Å². The summed E-state index contributed by atoms with van der Waals surface area (Å²) in [6.45, 7) is 3.87. The van der Waals surface area contributed by atoms with Crippen molar-refractivity contribution in [3.05, 3.63) is 35.9 Å². The molecule has 1 aromatic rings. The van der Waals surface area contributed by atoms with Gasteiger partial charge in [0.05, 0.1) is 6.10 Å². The van der Waals surface area contributed by atoms with Crippen LogP contribution in [0.15, 0.2) is 30.3 Å². The van der Waals surface area contributed by atoms with Gasteiger partial charge in [-0.25, -0.2) is 4.79 Å². The van der Waals surface area contributed by atoms with Gasteiger partial charge in [0.15, 0.2) is 0 Å². The summed E-state index contributed by atoms with van der Waals surface area (Å²) < 4.78 is 0. The molecule has 3 unspecified atom stereocenters. The molecule has 0 saturated carbocycles. The Balaban J connectivity index is 1.95. The first-order valence-corrected chi connectivity index (χ1v) is 7.60. The number of amides is 2. The molecule has 1 fully saturated rings. The normalized spacial score (nSPS) is 23.8. The van der Waals surface area contributed by atoms with Crippen molar-refractivity contribution in [3.8, 4) is 0 Å². The zero-order chi connectivity index (χ0) is 15.2. The number of aliphatic hydroxyl groups excluding tert-OH is 1. The average molecular weight is 291 g/mol. The summed E-state index contributed by atoms with van der Waals surface area (Å²) in [6.07, 6.45) is 1.18. The van der Waals surface area contributed by atoms with Crippen molar-refractivity contribution in [2.24, 2.45) is 11.7 Å². The number of rotatable bonds is 5. The minimum atomic E-state index is -0.408. The van der Waals surface area contributed by atoms with E-state index in [0.29, 0.717) is 19.5 Å². The van der Waals surface area contributed by atoms with Crippen LogP contribution in [0.25, 0.3) is 0 Å². The van der Waals surface area contributed by atoms with Gasteiger partial charge in [0, 0.05) is 31.6 Å². The highest BCUT2D eigenvalue weighted by molar-refractivity contribution is 5.72. The second kappa shape index (κ2) is 7.43. The molecule has 0 spiro atoms. The number of nitrogens with one attached hydrogen (secondary N) is 1. The smallest absolute Gasteiger partial charge is 0.314 e. The number of hydrogen-bond donors (Lipinski definition) is 3. The lowest BCUT2D eigenvalue weighted by atomic mass is 9.88. The van der Waals surface area contributed by atoms with Gasteiger partial charge >= 0.3 is 6.03 Å². The molecule has 4 N–H and O–H groups in total. The van der Waals surface area contributed by atoms with Crippen molar-refractivity contribution in [2.45, 2.75) is 38.5 Å². The number of nitrogens with zero attached hydrogens (tertiary/aromatic N) is 1. The Morgan fingerprint density at radius 2 is 2.14 bits per heavy atom. The number of primary amides is 1. The van der Waals surface area contributed by atoms with Gasteiger partial charge in [-0.2, -0.15) is 0 Å². The molecule has 2 amide bonds. The van der Waals surface area contributed by atoms with Gasteiger partial charge in [-0.05, 0) is 18.4 Å². The van der Waals surface area contributed by atoms with Crippen LogP contribution in [-0.2, 0) is 6.54 Å². The van der Waals surface area contributed by atoms with E-state index in [4.69, 9.17) is 5.73 Å². The van der Waals surface area contributed by atoms with Gasteiger partial charge in [0.25, 0.3) is 0 Å². The number of aliphatic hydroxyl groups is 1. The number of benzene rings is 1. The SMILES string of the molecule is CCC(O)C1CC(NCc2ccccc2)CN(C(N)=O)C1. The minimum absolute atomic E-state index is 0.0875. The number of likely N-dealkylation sites (tertiary alicyclic amines) is 1. The topological polar surface area (TPSA) is 78.6 Å². The van der Waals surface area contributed by atoms with Gasteiger partial charge in [0.1, 0.15) is 0 Å². The van der Waals surface area contributed by atoms with Gasteiger partial charge in [-0.1, -0.05) is 37.3 Å². The van der Waals surface area contributed by atoms with E-state index in [2.05, 4.69) is 17.4 Å². The third-order valence-corrected chi connectivity index (χ3v) is 4.19. The van der Waals surface area contributed by atoms with Gasteiger partial charge in [-0.15, -0.1) is 0 Å². The maximum absolute atomic E-state index is 11.5. The Bertz CT molecular complexity index is 452. The van der Waals surface area contributed by atoms with Gasteiger partial charge < -0.3 is 21.1 Å². The molecule has 0 aliphatic carbocycles. The first-order chi connectivity index (χ1) is 10.1. The van der Waals surface area contributed by atoms with Crippen molar-refractivity contribution >= 4 is 6.03 Å². The van der Waals surface area contributed by atoms with Crippen molar-refractivity contribution < 1.29 is 9.90 Å². The molecular formula is C16H25N3O2. The van der Waals surface area contributed by atoms with Crippen LogP contribution in [0.1, 0.15) is 25.3 Å². The standard InChI is InChI=1S/C16H25N3O2/c1-2-15(20)13-8-14(11-19(10-13)16(17)21)18-9-12-6-4-3-5-7-12/h3-7,13-15,18,20H,2,8-11H2,1H3,(H2,17,21). The van der Waals surface area contributed by atoms with Crippen LogP contribution in [0.2, 0.25) is 0 Å². The zero-order valence-corrected chi connectivity index (χ0v) is 12.5. The van der Waals surface area contributed by atoms with Crippen LogP contribution in [0, 0.1) is 5.92 Å². The summed E-state index contributed by atoms with van der Waals surface area (Å²) in [7, 11) is 0. The van der Waals surface area contributed by atoms with Crippen molar-refractivity contribution in [1.29, 1.82) is 0 Å². The van der Waals surface area contributed by atoms with E-state index >= 15 is 0 Å². The van der Waals surface area contributed by atoms with Crippen LogP contribution >= 0.6 is 0 Å².